The molecule has 1 heterocycles. The van der Waals surface area contributed by atoms with Crippen LogP contribution in [-0.2, 0) is 6.42 Å². The number of rotatable bonds is 5. The highest BCUT2D eigenvalue weighted by Gasteiger charge is 2.15. The molecular formula is C17H20ClFN2. The summed E-state index contributed by atoms with van der Waals surface area (Å²) in [5, 5.41) is 4.04. The Kier molecular flexibility index (Phi) is 5.32. The van der Waals surface area contributed by atoms with Crippen molar-refractivity contribution in [2.24, 2.45) is 0 Å². The van der Waals surface area contributed by atoms with Gasteiger partial charge in [-0.05, 0) is 68.3 Å². The standard InChI is InChI=1S/C17H20ClFN2/c1-4-20-17(14-7-11(2)21-12(3)8-14)10-13-9-15(19)5-6-16(13)18/h5-9,17,20H,4,10H2,1-3H3. The predicted molar refractivity (Wildman–Crippen MR) is 85.2 cm³/mol. The molecule has 1 aromatic heterocycles. The maximum Gasteiger partial charge on any atom is 0.123 e. The lowest BCUT2D eigenvalue weighted by molar-refractivity contribution is 0.545. The molecule has 2 nitrogen and oxygen atoms in total. The number of aryl methyl sites for hydroxylation is 2. The molecule has 0 radical (unpaired) electrons. The van der Waals surface area contributed by atoms with Crippen LogP contribution in [0.2, 0.25) is 5.02 Å². The number of hydrogen-bond acceptors (Lipinski definition) is 2. The molecule has 0 aliphatic heterocycles. The first kappa shape index (κ1) is 15.9. The van der Waals surface area contributed by atoms with E-state index in [-0.39, 0.29) is 11.9 Å². The predicted octanol–water partition coefficient (Wildman–Crippen LogP) is 4.38. The molecule has 1 unspecified atom stereocenters. The molecule has 21 heavy (non-hydrogen) atoms. The summed E-state index contributed by atoms with van der Waals surface area (Å²) >= 11 is 6.18. The Morgan fingerprint density at radius 3 is 2.48 bits per heavy atom. The van der Waals surface area contributed by atoms with Crippen LogP contribution in [0.5, 0.6) is 0 Å². The Morgan fingerprint density at radius 2 is 1.86 bits per heavy atom. The lowest BCUT2D eigenvalue weighted by Crippen LogP contribution is -2.23. The highest BCUT2D eigenvalue weighted by Crippen LogP contribution is 2.25. The van der Waals surface area contributed by atoms with Crippen LogP contribution in [0.1, 0.15) is 35.5 Å². The van der Waals surface area contributed by atoms with Crippen LogP contribution in [0.3, 0.4) is 0 Å². The van der Waals surface area contributed by atoms with Crippen molar-refractivity contribution in [1.29, 1.82) is 0 Å². The van der Waals surface area contributed by atoms with E-state index in [0.717, 1.165) is 29.1 Å². The highest BCUT2D eigenvalue weighted by atomic mass is 35.5. The van der Waals surface area contributed by atoms with Crippen molar-refractivity contribution in [2.45, 2.75) is 33.2 Å². The Morgan fingerprint density at radius 1 is 1.19 bits per heavy atom. The summed E-state index contributed by atoms with van der Waals surface area (Å²) in [6.45, 7) is 6.85. The minimum atomic E-state index is -0.258. The normalized spacial score (nSPS) is 12.4. The summed E-state index contributed by atoms with van der Waals surface area (Å²) in [7, 11) is 0. The van der Waals surface area contributed by atoms with E-state index in [0.29, 0.717) is 11.4 Å². The molecule has 0 aliphatic rings. The molecule has 0 amide bonds. The van der Waals surface area contributed by atoms with Crippen molar-refractivity contribution in [3.05, 3.63) is 63.7 Å². The Balaban J connectivity index is 2.32. The number of nitrogens with zero attached hydrogens (tertiary/aromatic N) is 1. The second kappa shape index (κ2) is 7.01. The van der Waals surface area contributed by atoms with Crippen LogP contribution in [0, 0.1) is 19.7 Å². The second-order valence-electron chi connectivity index (χ2n) is 5.23. The van der Waals surface area contributed by atoms with E-state index in [1.807, 2.05) is 13.8 Å². The number of nitrogens with one attached hydrogen (secondary N) is 1. The van der Waals surface area contributed by atoms with Gasteiger partial charge in [-0.1, -0.05) is 18.5 Å². The third-order valence-corrected chi connectivity index (χ3v) is 3.76. The minimum absolute atomic E-state index is 0.0923. The molecule has 112 valence electrons. The van der Waals surface area contributed by atoms with Gasteiger partial charge < -0.3 is 5.32 Å². The molecule has 2 aromatic rings. The third kappa shape index (κ3) is 4.26. The van der Waals surface area contributed by atoms with Gasteiger partial charge in [-0.25, -0.2) is 4.39 Å². The Labute approximate surface area is 130 Å². The van der Waals surface area contributed by atoms with Gasteiger partial charge in [0.2, 0.25) is 0 Å². The molecule has 2 rings (SSSR count). The quantitative estimate of drug-likeness (QED) is 0.886. The van der Waals surface area contributed by atoms with Gasteiger partial charge in [-0.2, -0.15) is 0 Å². The van der Waals surface area contributed by atoms with E-state index < -0.39 is 0 Å². The van der Waals surface area contributed by atoms with Gasteiger partial charge in [0, 0.05) is 22.5 Å². The molecule has 0 saturated carbocycles. The van der Waals surface area contributed by atoms with E-state index in [9.17, 15) is 4.39 Å². The van der Waals surface area contributed by atoms with Crippen molar-refractivity contribution in [2.75, 3.05) is 6.54 Å². The molecule has 1 aromatic carbocycles. The average molecular weight is 307 g/mol. The number of halogens is 2. The minimum Gasteiger partial charge on any atom is -0.310 e. The van der Waals surface area contributed by atoms with E-state index in [1.165, 1.54) is 12.1 Å². The molecule has 0 aliphatic carbocycles. The summed E-state index contributed by atoms with van der Waals surface area (Å²) in [5.41, 5.74) is 3.94. The number of likely N-dealkylation sites (N-methyl/N-ethyl adjacent to an activating group) is 1. The molecule has 0 bridgehead atoms. The molecule has 4 heteroatoms. The van der Waals surface area contributed by atoms with Gasteiger partial charge in [0.15, 0.2) is 0 Å². The number of aromatic nitrogens is 1. The van der Waals surface area contributed by atoms with Crippen LogP contribution in [-0.4, -0.2) is 11.5 Å². The summed E-state index contributed by atoms with van der Waals surface area (Å²) in [5.74, 6) is -0.258. The van der Waals surface area contributed by atoms with Gasteiger partial charge in [-0.3, -0.25) is 4.98 Å². The van der Waals surface area contributed by atoms with Crippen LogP contribution < -0.4 is 5.32 Å². The first-order chi connectivity index (χ1) is 9.99. The van der Waals surface area contributed by atoms with Crippen molar-refractivity contribution >= 4 is 11.6 Å². The fourth-order valence-corrected chi connectivity index (χ4v) is 2.74. The maximum atomic E-state index is 13.4. The maximum absolute atomic E-state index is 13.4. The fourth-order valence-electron chi connectivity index (χ4n) is 2.54. The summed E-state index contributed by atoms with van der Waals surface area (Å²) in [6, 6.07) is 8.72. The smallest absolute Gasteiger partial charge is 0.123 e. The van der Waals surface area contributed by atoms with Crippen molar-refractivity contribution in [3.63, 3.8) is 0 Å². The van der Waals surface area contributed by atoms with Crippen LogP contribution in [0.4, 0.5) is 4.39 Å². The lowest BCUT2D eigenvalue weighted by Gasteiger charge is -2.20. The Bertz CT molecular complexity index is 608. The van der Waals surface area contributed by atoms with E-state index in [2.05, 4.69) is 29.4 Å². The molecular weight excluding hydrogens is 287 g/mol. The SMILES string of the molecule is CCNC(Cc1cc(F)ccc1Cl)c1cc(C)nc(C)c1. The summed E-state index contributed by atoms with van der Waals surface area (Å²) in [6.07, 6.45) is 0.646. The van der Waals surface area contributed by atoms with Crippen LogP contribution >= 0.6 is 11.6 Å². The molecule has 0 spiro atoms. The van der Waals surface area contributed by atoms with Crippen molar-refractivity contribution < 1.29 is 4.39 Å². The van der Waals surface area contributed by atoms with Gasteiger partial charge in [0.1, 0.15) is 5.82 Å². The lowest BCUT2D eigenvalue weighted by atomic mass is 9.98. The topological polar surface area (TPSA) is 24.9 Å². The van der Waals surface area contributed by atoms with Crippen molar-refractivity contribution in [3.8, 4) is 0 Å². The number of benzene rings is 1. The Hall–Kier alpha value is -1.45. The average Bonchev–Trinajstić information content (AvgIpc) is 2.41. The summed E-state index contributed by atoms with van der Waals surface area (Å²) in [4.78, 5) is 4.40. The van der Waals surface area contributed by atoms with Crippen molar-refractivity contribution in [1.82, 2.24) is 10.3 Å². The summed E-state index contributed by atoms with van der Waals surface area (Å²) < 4.78 is 13.4. The fraction of sp³-hybridized carbons (Fsp3) is 0.353. The first-order valence-electron chi connectivity index (χ1n) is 7.12. The van der Waals surface area contributed by atoms with Gasteiger partial charge >= 0.3 is 0 Å². The zero-order chi connectivity index (χ0) is 15.4. The van der Waals surface area contributed by atoms with Crippen LogP contribution in [0.15, 0.2) is 30.3 Å². The van der Waals surface area contributed by atoms with Crippen LogP contribution in [0.25, 0.3) is 0 Å². The zero-order valence-corrected chi connectivity index (χ0v) is 13.3. The second-order valence-corrected chi connectivity index (χ2v) is 5.64. The van der Waals surface area contributed by atoms with E-state index in [4.69, 9.17) is 11.6 Å². The molecule has 1 N–H and O–H groups in total. The molecule has 0 fully saturated rings. The highest BCUT2D eigenvalue weighted by molar-refractivity contribution is 6.31. The van der Waals surface area contributed by atoms with E-state index >= 15 is 0 Å². The molecule has 1 atom stereocenters. The zero-order valence-electron chi connectivity index (χ0n) is 12.6. The van der Waals surface area contributed by atoms with Gasteiger partial charge in [-0.15, -0.1) is 0 Å². The number of pyridine rings is 1. The molecule has 0 saturated heterocycles. The number of hydrogen-bond donors (Lipinski definition) is 1. The monoisotopic (exact) mass is 306 g/mol. The first-order valence-corrected chi connectivity index (χ1v) is 7.50. The van der Waals surface area contributed by atoms with Gasteiger partial charge in [0.05, 0.1) is 0 Å². The van der Waals surface area contributed by atoms with Gasteiger partial charge in [0.25, 0.3) is 0 Å². The third-order valence-electron chi connectivity index (χ3n) is 3.39. The van der Waals surface area contributed by atoms with E-state index in [1.54, 1.807) is 6.07 Å². The largest absolute Gasteiger partial charge is 0.310 e.